The van der Waals surface area contributed by atoms with Crippen molar-refractivity contribution in [3.63, 3.8) is 0 Å². The van der Waals surface area contributed by atoms with Crippen molar-refractivity contribution in [1.29, 1.82) is 0 Å². The fraction of sp³-hybridized carbons (Fsp3) is 0.469. The maximum atomic E-state index is 13.1. The number of benzene rings is 2. The number of amidine groups is 1. The Kier molecular flexibility index (Phi) is 10.6. The van der Waals surface area contributed by atoms with E-state index in [2.05, 4.69) is 35.0 Å². The lowest BCUT2D eigenvalue weighted by atomic mass is 9.87. The van der Waals surface area contributed by atoms with Crippen LogP contribution in [-0.2, 0) is 9.84 Å². The number of rotatable bonds is 8. The minimum Gasteiger partial charge on any atom is -0.489 e. The second-order valence-electron chi connectivity index (χ2n) is 11.3. The molecule has 41 heavy (non-hydrogen) atoms. The number of hydrogen-bond donors (Lipinski definition) is 3. The molecule has 2 aromatic carbocycles. The Balaban J connectivity index is 1.74. The molecule has 0 spiro atoms. The highest BCUT2D eigenvalue weighted by atomic mass is 35.5. The number of aliphatic imine (C=N–C) groups is 1. The minimum atomic E-state index is -3.53. The summed E-state index contributed by atoms with van der Waals surface area (Å²) < 4.78 is 32.5. The third-order valence-corrected chi connectivity index (χ3v) is 9.89. The molecule has 222 valence electrons. The van der Waals surface area contributed by atoms with Crippen LogP contribution in [0.5, 0.6) is 5.75 Å². The average molecular weight is 599 g/mol. The van der Waals surface area contributed by atoms with E-state index in [1.807, 2.05) is 26.0 Å². The molecule has 0 saturated carbocycles. The maximum absolute atomic E-state index is 13.1. The number of nitrogens with one attached hydrogen (secondary N) is 3. The number of nitrogens with zero attached hydrogens (tertiary/aromatic N) is 1. The van der Waals surface area contributed by atoms with Gasteiger partial charge in [-0.2, -0.15) is 0 Å². The molecule has 4 rings (SSSR count). The van der Waals surface area contributed by atoms with E-state index < -0.39 is 15.1 Å². The molecule has 2 heterocycles. The summed E-state index contributed by atoms with van der Waals surface area (Å²) in [5.41, 5.74) is 3.88. The molecule has 1 fully saturated rings. The number of hydrogen-bond acceptors (Lipinski definition) is 7. The molecule has 0 aromatic heterocycles. The molecule has 0 amide bonds. The first-order chi connectivity index (χ1) is 19.6. The number of piperidine rings is 1. The van der Waals surface area contributed by atoms with Crippen LogP contribution in [0.15, 0.2) is 69.3 Å². The summed E-state index contributed by atoms with van der Waals surface area (Å²) in [6.45, 7) is 11.6. The van der Waals surface area contributed by atoms with Crippen molar-refractivity contribution in [3.05, 3.63) is 70.5 Å². The smallest absolute Gasteiger partial charge is 0.182 e. The Labute approximate surface area is 250 Å². The van der Waals surface area contributed by atoms with Crippen LogP contribution in [0, 0.1) is 6.92 Å². The number of para-hydroxylation sites is 1. The van der Waals surface area contributed by atoms with Gasteiger partial charge >= 0.3 is 0 Å². The van der Waals surface area contributed by atoms with Crippen molar-refractivity contribution in [2.75, 3.05) is 23.7 Å². The summed E-state index contributed by atoms with van der Waals surface area (Å²) in [7, 11) is -3.53. The second kappa shape index (κ2) is 13.9. The zero-order valence-electron chi connectivity index (χ0n) is 24.8. The van der Waals surface area contributed by atoms with Crippen LogP contribution in [0.25, 0.3) is 0 Å². The van der Waals surface area contributed by atoms with Gasteiger partial charge in [-0.05, 0) is 121 Å². The van der Waals surface area contributed by atoms with Gasteiger partial charge in [-0.1, -0.05) is 29.8 Å². The van der Waals surface area contributed by atoms with Crippen LogP contribution in [0.4, 0.5) is 11.4 Å². The highest BCUT2D eigenvalue weighted by Crippen LogP contribution is 2.36. The molecule has 0 unspecified atom stereocenters. The van der Waals surface area contributed by atoms with Crippen LogP contribution in [0.2, 0.25) is 0 Å². The summed E-state index contributed by atoms with van der Waals surface area (Å²) in [5, 5.41) is 10.1. The summed E-state index contributed by atoms with van der Waals surface area (Å²) in [6, 6.07) is 11.2. The highest BCUT2D eigenvalue weighted by molar-refractivity contribution is 7.92. The number of ether oxygens (including phenoxy) is 1. The SMILES string of the molecule is Cc1cc(OC(C)C)c(N/C2=N/C(Nc3ccccc3S(=O)(=O)C(C)C)=C(Cl)\C=C/CCC2)cc1C1CCNCC1. The molecule has 3 N–H and O–H groups in total. The van der Waals surface area contributed by atoms with Crippen molar-refractivity contribution in [2.24, 2.45) is 4.99 Å². The number of anilines is 2. The fourth-order valence-corrected chi connectivity index (χ4v) is 6.53. The Morgan fingerprint density at radius 1 is 1.05 bits per heavy atom. The molecule has 2 aliphatic rings. The van der Waals surface area contributed by atoms with Crippen LogP contribution in [0.3, 0.4) is 0 Å². The van der Waals surface area contributed by atoms with Crippen molar-refractivity contribution < 1.29 is 13.2 Å². The van der Waals surface area contributed by atoms with E-state index in [4.69, 9.17) is 21.3 Å². The molecule has 1 saturated heterocycles. The fourth-order valence-electron chi connectivity index (χ4n) is 5.15. The van der Waals surface area contributed by atoms with Crippen LogP contribution in [-0.4, -0.2) is 38.7 Å². The number of halogens is 1. The van der Waals surface area contributed by atoms with Gasteiger partial charge in [0.1, 0.15) is 11.6 Å². The van der Waals surface area contributed by atoms with Gasteiger partial charge in [0.2, 0.25) is 0 Å². The first-order valence-corrected chi connectivity index (χ1v) is 16.5. The van der Waals surface area contributed by atoms with E-state index in [1.165, 1.54) is 11.1 Å². The third-order valence-electron chi connectivity index (χ3n) is 7.38. The monoisotopic (exact) mass is 598 g/mol. The molecule has 0 aliphatic carbocycles. The highest BCUT2D eigenvalue weighted by Gasteiger charge is 2.24. The van der Waals surface area contributed by atoms with Crippen molar-refractivity contribution in [1.82, 2.24) is 5.32 Å². The summed E-state index contributed by atoms with van der Waals surface area (Å²) >= 11 is 6.74. The first kappa shape index (κ1) is 31.1. The molecule has 0 atom stereocenters. The molecular weight excluding hydrogens is 556 g/mol. The van der Waals surface area contributed by atoms with Gasteiger partial charge in [0, 0.05) is 6.42 Å². The molecule has 2 aliphatic heterocycles. The zero-order valence-corrected chi connectivity index (χ0v) is 26.3. The Hall–Kier alpha value is -2.81. The average Bonchev–Trinajstić information content (AvgIpc) is 3.01. The Bertz CT molecular complexity index is 1420. The Morgan fingerprint density at radius 2 is 1.78 bits per heavy atom. The lowest BCUT2D eigenvalue weighted by Gasteiger charge is -2.26. The van der Waals surface area contributed by atoms with Crippen LogP contribution in [0.1, 0.15) is 76.8 Å². The van der Waals surface area contributed by atoms with Gasteiger partial charge < -0.3 is 20.7 Å². The topological polar surface area (TPSA) is 91.8 Å². The zero-order chi connectivity index (χ0) is 29.6. The van der Waals surface area contributed by atoms with E-state index in [1.54, 1.807) is 38.1 Å². The molecule has 0 bridgehead atoms. The predicted molar refractivity (Wildman–Crippen MR) is 171 cm³/mol. The van der Waals surface area contributed by atoms with Gasteiger partial charge in [0.25, 0.3) is 0 Å². The summed E-state index contributed by atoms with van der Waals surface area (Å²) in [5.74, 6) is 2.39. The quantitative estimate of drug-likeness (QED) is 0.291. The van der Waals surface area contributed by atoms with Crippen LogP contribution < -0.4 is 20.7 Å². The van der Waals surface area contributed by atoms with Crippen molar-refractivity contribution >= 4 is 38.6 Å². The van der Waals surface area contributed by atoms with Gasteiger partial charge in [-0.25, -0.2) is 13.4 Å². The van der Waals surface area contributed by atoms with Crippen molar-refractivity contribution in [2.45, 2.75) is 88.9 Å². The normalized spacial score (nSPS) is 21.0. The second-order valence-corrected chi connectivity index (χ2v) is 14.2. The van der Waals surface area contributed by atoms with Gasteiger partial charge in [-0.15, -0.1) is 0 Å². The lowest BCUT2D eigenvalue weighted by Crippen LogP contribution is -2.27. The minimum absolute atomic E-state index is 0.0114. The van der Waals surface area contributed by atoms with E-state index in [0.717, 1.165) is 56.0 Å². The summed E-state index contributed by atoms with van der Waals surface area (Å²) in [6.07, 6.45) is 8.46. The van der Waals surface area contributed by atoms with E-state index >= 15 is 0 Å². The predicted octanol–water partition coefficient (Wildman–Crippen LogP) is 7.50. The molecule has 2 aromatic rings. The van der Waals surface area contributed by atoms with Crippen molar-refractivity contribution in [3.8, 4) is 5.75 Å². The molecular formula is C32H43ClN4O3S. The largest absolute Gasteiger partial charge is 0.489 e. The maximum Gasteiger partial charge on any atom is 0.182 e. The van der Waals surface area contributed by atoms with Gasteiger partial charge in [-0.3, -0.25) is 0 Å². The van der Waals surface area contributed by atoms with E-state index in [9.17, 15) is 8.42 Å². The molecule has 0 radical (unpaired) electrons. The van der Waals surface area contributed by atoms with Crippen LogP contribution >= 0.6 is 11.6 Å². The van der Waals surface area contributed by atoms with E-state index in [-0.39, 0.29) is 11.0 Å². The van der Waals surface area contributed by atoms with Gasteiger partial charge in [0.05, 0.1) is 32.7 Å². The molecule has 9 heteroatoms. The number of sulfone groups is 1. The standard InChI is InChI=1S/C32H43ClN4O3S/c1-21(2)40-29-19-23(5)25(24-15-17-34-18-16-24)20-28(29)35-31-14-8-6-7-11-26(33)32(37-31)36-27-12-9-10-13-30(27)41(38,39)22(3)4/h7,9-13,19-22,24,34,36H,6,8,14-18H2,1-5H3,(H,35,37)/b11-7-,32-26+. The lowest BCUT2D eigenvalue weighted by molar-refractivity contribution is 0.243. The summed E-state index contributed by atoms with van der Waals surface area (Å²) in [4.78, 5) is 5.17. The first-order valence-electron chi connectivity index (χ1n) is 14.6. The third kappa shape index (κ3) is 7.93. The van der Waals surface area contributed by atoms with Gasteiger partial charge in [0.15, 0.2) is 15.7 Å². The number of allylic oxidation sites excluding steroid dienone is 3. The van der Waals surface area contributed by atoms with E-state index in [0.29, 0.717) is 28.9 Å². The Morgan fingerprint density at radius 3 is 2.49 bits per heavy atom. The molecule has 7 nitrogen and oxygen atoms in total. The number of aryl methyl sites for hydroxylation is 1.